The normalized spacial score (nSPS) is 11.4. The quantitative estimate of drug-likeness (QED) is 0.674. The van der Waals surface area contributed by atoms with Crippen molar-refractivity contribution in [2.75, 3.05) is 24.2 Å². The molecular formula is C18H19F2N3O5S. The van der Waals surface area contributed by atoms with Crippen LogP contribution in [0.4, 0.5) is 20.2 Å². The maximum Gasteiger partial charge on any atom is 0.387 e. The van der Waals surface area contributed by atoms with Crippen LogP contribution in [0.15, 0.2) is 53.4 Å². The Morgan fingerprint density at radius 1 is 1.00 bits per heavy atom. The highest BCUT2D eigenvalue weighted by molar-refractivity contribution is 7.89. The van der Waals surface area contributed by atoms with E-state index in [2.05, 4.69) is 15.4 Å². The van der Waals surface area contributed by atoms with Crippen molar-refractivity contribution in [3.8, 4) is 5.75 Å². The maximum absolute atomic E-state index is 12.6. The Morgan fingerprint density at radius 2 is 1.52 bits per heavy atom. The van der Waals surface area contributed by atoms with Crippen LogP contribution in [0.3, 0.4) is 0 Å². The van der Waals surface area contributed by atoms with Crippen LogP contribution in [0.5, 0.6) is 5.75 Å². The molecule has 0 spiro atoms. The first-order valence-electron chi connectivity index (χ1n) is 8.26. The number of carbonyl (C=O) groups excluding carboxylic acids is 2. The van der Waals surface area contributed by atoms with Gasteiger partial charge in [-0.25, -0.2) is 8.42 Å². The minimum atomic E-state index is -3.94. The Labute approximate surface area is 166 Å². The molecule has 2 amide bonds. The number of amides is 2. The predicted molar refractivity (Wildman–Crippen MR) is 102 cm³/mol. The molecule has 2 N–H and O–H groups in total. The molecule has 0 aliphatic carbocycles. The summed E-state index contributed by atoms with van der Waals surface area (Å²) in [6.45, 7) is -2.09. The summed E-state index contributed by atoms with van der Waals surface area (Å²) in [5.41, 5.74) is 0.734. The summed E-state index contributed by atoms with van der Waals surface area (Å²) >= 11 is 0. The van der Waals surface area contributed by atoms with Crippen LogP contribution in [-0.2, 0) is 19.6 Å². The smallest absolute Gasteiger partial charge is 0.387 e. The van der Waals surface area contributed by atoms with E-state index in [1.54, 1.807) is 0 Å². The van der Waals surface area contributed by atoms with Crippen molar-refractivity contribution in [3.63, 3.8) is 0 Å². The van der Waals surface area contributed by atoms with Gasteiger partial charge >= 0.3 is 6.61 Å². The second-order valence-electron chi connectivity index (χ2n) is 5.92. The highest BCUT2D eigenvalue weighted by Crippen LogP contribution is 2.19. The lowest BCUT2D eigenvalue weighted by atomic mass is 10.3. The van der Waals surface area contributed by atoms with Gasteiger partial charge in [0.15, 0.2) is 0 Å². The number of carbonyl (C=O) groups is 2. The second-order valence-corrected chi connectivity index (χ2v) is 7.96. The molecular weight excluding hydrogens is 408 g/mol. The van der Waals surface area contributed by atoms with Gasteiger partial charge < -0.3 is 15.4 Å². The number of hydrogen-bond acceptors (Lipinski definition) is 5. The van der Waals surface area contributed by atoms with Crippen LogP contribution in [-0.4, -0.2) is 44.7 Å². The van der Waals surface area contributed by atoms with E-state index in [-0.39, 0.29) is 16.6 Å². The molecule has 0 aliphatic rings. The molecule has 0 bridgehead atoms. The minimum Gasteiger partial charge on any atom is -0.435 e. The number of halogens is 2. The third kappa shape index (κ3) is 6.50. The van der Waals surface area contributed by atoms with Crippen molar-refractivity contribution in [3.05, 3.63) is 48.5 Å². The van der Waals surface area contributed by atoms with Crippen molar-refractivity contribution in [2.24, 2.45) is 0 Å². The van der Waals surface area contributed by atoms with Gasteiger partial charge in [-0.05, 0) is 48.5 Å². The van der Waals surface area contributed by atoms with Crippen molar-refractivity contribution in [2.45, 2.75) is 18.4 Å². The summed E-state index contributed by atoms with van der Waals surface area (Å²) < 4.78 is 54.5. The van der Waals surface area contributed by atoms with Gasteiger partial charge in [0.2, 0.25) is 21.8 Å². The first-order valence-corrected chi connectivity index (χ1v) is 9.70. The van der Waals surface area contributed by atoms with Gasteiger partial charge in [-0.3, -0.25) is 9.59 Å². The Bertz CT molecular complexity index is 964. The summed E-state index contributed by atoms with van der Waals surface area (Å²) in [6, 6.07) is 10.7. The first kappa shape index (κ1) is 22.2. The Morgan fingerprint density at radius 3 is 2.03 bits per heavy atom. The molecule has 2 aromatic rings. The molecule has 0 saturated heterocycles. The number of benzene rings is 2. The molecule has 0 saturated carbocycles. The molecule has 2 rings (SSSR count). The third-order valence-electron chi connectivity index (χ3n) is 3.61. The lowest BCUT2D eigenvalue weighted by molar-refractivity contribution is -0.116. The Hall–Kier alpha value is -3.05. The molecule has 0 fully saturated rings. The largest absolute Gasteiger partial charge is 0.435 e. The van der Waals surface area contributed by atoms with E-state index in [0.29, 0.717) is 11.4 Å². The van der Waals surface area contributed by atoms with E-state index >= 15 is 0 Å². The van der Waals surface area contributed by atoms with Gasteiger partial charge in [-0.15, -0.1) is 0 Å². The Balaban J connectivity index is 1.99. The molecule has 156 valence electrons. The molecule has 0 aromatic heterocycles. The van der Waals surface area contributed by atoms with Crippen LogP contribution >= 0.6 is 0 Å². The second kappa shape index (κ2) is 9.43. The van der Waals surface area contributed by atoms with Gasteiger partial charge in [-0.2, -0.15) is 13.1 Å². The fourth-order valence-corrected chi connectivity index (χ4v) is 3.43. The van der Waals surface area contributed by atoms with Crippen molar-refractivity contribution in [1.82, 2.24) is 4.31 Å². The van der Waals surface area contributed by atoms with Gasteiger partial charge in [0.05, 0.1) is 11.4 Å². The fourth-order valence-electron chi connectivity index (χ4n) is 2.30. The van der Waals surface area contributed by atoms with Gasteiger partial charge in [0.1, 0.15) is 5.75 Å². The number of rotatable bonds is 8. The third-order valence-corrected chi connectivity index (χ3v) is 5.43. The first-order chi connectivity index (χ1) is 13.6. The Kier molecular flexibility index (Phi) is 7.23. The van der Waals surface area contributed by atoms with E-state index in [0.717, 1.165) is 4.31 Å². The number of sulfonamides is 1. The van der Waals surface area contributed by atoms with E-state index in [9.17, 15) is 26.8 Å². The minimum absolute atomic E-state index is 0.0459. The highest BCUT2D eigenvalue weighted by atomic mass is 32.2. The number of ether oxygens (including phenoxy) is 1. The summed E-state index contributed by atoms with van der Waals surface area (Å²) in [5.74, 6) is -0.975. The van der Waals surface area contributed by atoms with E-state index in [1.807, 2.05) is 0 Å². The van der Waals surface area contributed by atoms with Crippen molar-refractivity contribution >= 4 is 33.2 Å². The molecule has 0 heterocycles. The number of anilines is 2. The topological polar surface area (TPSA) is 105 Å². The van der Waals surface area contributed by atoms with E-state index < -0.39 is 29.1 Å². The van der Waals surface area contributed by atoms with Crippen molar-refractivity contribution in [1.29, 1.82) is 0 Å². The molecule has 8 nitrogen and oxygen atoms in total. The van der Waals surface area contributed by atoms with Crippen LogP contribution in [0.2, 0.25) is 0 Å². The lowest BCUT2D eigenvalue weighted by Gasteiger charge is -2.17. The zero-order chi connectivity index (χ0) is 21.6. The van der Waals surface area contributed by atoms with Crippen LogP contribution in [0.25, 0.3) is 0 Å². The molecule has 0 aliphatic heterocycles. The predicted octanol–water partition coefficient (Wildman–Crippen LogP) is 2.51. The number of nitrogens with zero attached hydrogens (tertiary/aromatic N) is 1. The SMILES string of the molecule is CC(=O)Nc1ccc(S(=O)(=O)N(C)CC(=O)Nc2ccc(OC(F)F)cc2)cc1. The van der Waals surface area contributed by atoms with Crippen LogP contribution in [0, 0.1) is 0 Å². The summed E-state index contributed by atoms with van der Waals surface area (Å²) in [5, 5.41) is 5.00. The number of alkyl halides is 2. The van der Waals surface area contributed by atoms with Crippen LogP contribution in [0.1, 0.15) is 6.92 Å². The standard InChI is InChI=1S/C18H19F2N3O5S/c1-12(24)21-13-5-9-16(10-6-13)29(26,27)23(2)11-17(25)22-14-3-7-15(8-4-14)28-18(19)20/h3-10,18H,11H2,1-2H3,(H,21,24)(H,22,25). The molecule has 29 heavy (non-hydrogen) atoms. The molecule has 0 atom stereocenters. The monoisotopic (exact) mass is 427 g/mol. The highest BCUT2D eigenvalue weighted by Gasteiger charge is 2.23. The van der Waals surface area contributed by atoms with Gasteiger partial charge in [0.25, 0.3) is 0 Å². The number of likely N-dealkylation sites (N-methyl/N-ethyl adjacent to an activating group) is 1. The van der Waals surface area contributed by atoms with Crippen LogP contribution < -0.4 is 15.4 Å². The van der Waals surface area contributed by atoms with Crippen molar-refractivity contribution < 1.29 is 31.5 Å². The average Bonchev–Trinajstić information content (AvgIpc) is 2.62. The lowest BCUT2D eigenvalue weighted by Crippen LogP contribution is -2.34. The number of nitrogens with one attached hydrogen (secondary N) is 2. The average molecular weight is 427 g/mol. The van der Waals surface area contributed by atoms with E-state index in [4.69, 9.17) is 0 Å². The molecule has 0 radical (unpaired) electrons. The maximum atomic E-state index is 12.6. The number of hydrogen-bond donors (Lipinski definition) is 2. The summed E-state index contributed by atoms with van der Waals surface area (Å²) in [6.07, 6.45) is 0. The van der Waals surface area contributed by atoms with Gasteiger partial charge in [0, 0.05) is 25.3 Å². The van der Waals surface area contributed by atoms with Gasteiger partial charge in [-0.1, -0.05) is 0 Å². The molecule has 0 unspecified atom stereocenters. The zero-order valence-corrected chi connectivity index (χ0v) is 16.4. The van der Waals surface area contributed by atoms with E-state index in [1.165, 1.54) is 62.5 Å². The fraction of sp³-hybridized carbons (Fsp3) is 0.222. The zero-order valence-electron chi connectivity index (χ0n) is 15.6. The molecule has 2 aromatic carbocycles. The molecule has 11 heteroatoms. The summed E-state index contributed by atoms with van der Waals surface area (Å²) in [7, 11) is -2.69. The summed E-state index contributed by atoms with van der Waals surface area (Å²) in [4.78, 5) is 23.1.